The number of benzene rings is 1. The topological polar surface area (TPSA) is 127 Å². The highest BCUT2D eigenvalue weighted by atomic mass is 32.2. The molecule has 0 unspecified atom stereocenters. The number of nitrogens with one attached hydrogen (secondary N) is 2. The molecular weight excluding hydrogens is 260 g/mol. The van der Waals surface area contributed by atoms with Crippen LogP contribution in [0.5, 0.6) is 0 Å². The number of hydrogen-bond acceptors (Lipinski definition) is 6. The number of nitro groups is 1. The number of nitrogens with two attached hydrogens (primary N) is 1. The van der Waals surface area contributed by atoms with Gasteiger partial charge in [0.1, 0.15) is 0 Å². The molecule has 0 aliphatic rings. The van der Waals surface area contributed by atoms with Crippen LogP contribution < -0.4 is 16.0 Å². The van der Waals surface area contributed by atoms with Gasteiger partial charge in [0.15, 0.2) is 4.90 Å². The van der Waals surface area contributed by atoms with Crippen molar-refractivity contribution in [3.8, 4) is 0 Å². The number of nitrogen functional groups attached to an aromatic ring is 1. The molecule has 0 aromatic heterocycles. The van der Waals surface area contributed by atoms with Crippen LogP contribution in [0.15, 0.2) is 23.1 Å². The molecule has 0 aliphatic carbocycles. The van der Waals surface area contributed by atoms with Gasteiger partial charge in [0, 0.05) is 12.1 Å². The van der Waals surface area contributed by atoms with Gasteiger partial charge in [-0.1, -0.05) is 0 Å². The molecule has 4 N–H and O–H groups in total. The van der Waals surface area contributed by atoms with Crippen LogP contribution in [0.4, 0.5) is 11.4 Å². The lowest BCUT2D eigenvalue weighted by Gasteiger charge is -2.10. The third kappa shape index (κ3) is 3.15. The summed E-state index contributed by atoms with van der Waals surface area (Å²) in [5.74, 6) is 5.15. The largest absolute Gasteiger partial charge is 0.324 e. The van der Waals surface area contributed by atoms with Gasteiger partial charge in [-0.3, -0.25) is 16.0 Å². The summed E-state index contributed by atoms with van der Waals surface area (Å²) in [4.78, 5) is 9.64. The van der Waals surface area contributed by atoms with Gasteiger partial charge < -0.3 is 5.43 Å². The minimum absolute atomic E-state index is 0.268. The van der Waals surface area contributed by atoms with Gasteiger partial charge >= 0.3 is 0 Å². The van der Waals surface area contributed by atoms with E-state index in [-0.39, 0.29) is 11.7 Å². The summed E-state index contributed by atoms with van der Waals surface area (Å²) in [6.07, 6.45) is 0. The Kier molecular flexibility index (Phi) is 4.22. The molecular formula is C9H14N4O4S. The average Bonchev–Trinajstić information content (AvgIpc) is 2.26. The first-order chi connectivity index (χ1) is 8.27. The summed E-state index contributed by atoms with van der Waals surface area (Å²) in [5.41, 5.74) is 2.01. The summed E-state index contributed by atoms with van der Waals surface area (Å²) in [7, 11) is -3.96. The van der Waals surface area contributed by atoms with Crippen LogP contribution in [0, 0.1) is 10.1 Å². The standard InChI is InChI=1S/C9H14N4O4S/c1-6(2)12-18(16,17)9-5-7(11-10)3-4-8(9)13(14)15/h3-6,11-12H,10H2,1-2H3. The maximum atomic E-state index is 12.0. The Balaban J connectivity index is 3.40. The smallest absolute Gasteiger partial charge is 0.289 e. The van der Waals surface area contributed by atoms with E-state index in [1.54, 1.807) is 13.8 Å². The Morgan fingerprint density at radius 1 is 1.39 bits per heavy atom. The van der Waals surface area contributed by atoms with E-state index in [9.17, 15) is 18.5 Å². The van der Waals surface area contributed by atoms with E-state index < -0.39 is 25.5 Å². The summed E-state index contributed by atoms with van der Waals surface area (Å²) in [6, 6.07) is 3.16. The molecule has 0 aliphatic heterocycles. The number of anilines is 1. The van der Waals surface area contributed by atoms with Crippen molar-refractivity contribution in [2.45, 2.75) is 24.8 Å². The molecule has 0 heterocycles. The van der Waals surface area contributed by atoms with Gasteiger partial charge in [-0.05, 0) is 26.0 Å². The van der Waals surface area contributed by atoms with Crippen LogP contribution >= 0.6 is 0 Å². The first-order valence-electron chi connectivity index (χ1n) is 5.05. The zero-order valence-corrected chi connectivity index (χ0v) is 10.7. The van der Waals surface area contributed by atoms with Crippen LogP contribution in [0.25, 0.3) is 0 Å². The second-order valence-electron chi connectivity index (χ2n) is 3.86. The number of nitro benzene ring substituents is 1. The predicted molar refractivity (Wildman–Crippen MR) is 66.4 cm³/mol. The number of nitrogens with zero attached hydrogens (tertiary/aromatic N) is 1. The molecule has 0 amide bonds. The normalized spacial score (nSPS) is 11.6. The Morgan fingerprint density at radius 3 is 2.44 bits per heavy atom. The highest BCUT2D eigenvalue weighted by molar-refractivity contribution is 7.89. The monoisotopic (exact) mass is 274 g/mol. The fourth-order valence-electron chi connectivity index (χ4n) is 1.34. The van der Waals surface area contributed by atoms with E-state index in [0.29, 0.717) is 0 Å². The Labute approximate surface area is 104 Å². The summed E-state index contributed by atoms with van der Waals surface area (Å²) in [6.45, 7) is 3.24. The maximum Gasteiger partial charge on any atom is 0.289 e. The molecule has 18 heavy (non-hydrogen) atoms. The van der Waals surface area contributed by atoms with Crippen molar-refractivity contribution in [2.75, 3.05) is 5.43 Å². The highest BCUT2D eigenvalue weighted by Gasteiger charge is 2.26. The second kappa shape index (κ2) is 5.29. The minimum Gasteiger partial charge on any atom is -0.324 e. The van der Waals surface area contributed by atoms with Crippen molar-refractivity contribution >= 4 is 21.4 Å². The van der Waals surface area contributed by atoms with Crippen LogP contribution in [-0.4, -0.2) is 19.4 Å². The molecule has 0 fully saturated rings. The van der Waals surface area contributed by atoms with Crippen molar-refractivity contribution in [1.82, 2.24) is 4.72 Å². The molecule has 0 bridgehead atoms. The maximum absolute atomic E-state index is 12.0. The second-order valence-corrected chi connectivity index (χ2v) is 5.54. The van der Waals surface area contributed by atoms with Crippen molar-refractivity contribution in [1.29, 1.82) is 0 Å². The summed E-state index contributed by atoms with van der Waals surface area (Å²) >= 11 is 0. The molecule has 1 rings (SSSR count). The number of hydrogen-bond donors (Lipinski definition) is 3. The minimum atomic E-state index is -3.96. The molecule has 0 saturated heterocycles. The SMILES string of the molecule is CC(C)NS(=O)(=O)c1cc(NN)ccc1[N+](=O)[O-]. The lowest BCUT2D eigenvalue weighted by Crippen LogP contribution is -2.30. The van der Waals surface area contributed by atoms with E-state index in [0.717, 1.165) is 12.1 Å². The Bertz CT molecular complexity index is 556. The molecule has 1 aromatic carbocycles. The first-order valence-corrected chi connectivity index (χ1v) is 6.53. The predicted octanol–water partition coefficient (Wildman–Crippen LogP) is 0.567. The third-order valence-electron chi connectivity index (χ3n) is 2.00. The molecule has 9 heteroatoms. The lowest BCUT2D eigenvalue weighted by atomic mass is 10.3. The van der Waals surface area contributed by atoms with Crippen molar-refractivity contribution < 1.29 is 13.3 Å². The summed E-state index contributed by atoms with van der Waals surface area (Å²) < 4.78 is 26.2. The zero-order valence-electron chi connectivity index (χ0n) is 9.88. The van der Waals surface area contributed by atoms with E-state index >= 15 is 0 Å². The average molecular weight is 274 g/mol. The van der Waals surface area contributed by atoms with Crippen LogP contribution in [-0.2, 0) is 10.0 Å². The highest BCUT2D eigenvalue weighted by Crippen LogP contribution is 2.26. The van der Waals surface area contributed by atoms with E-state index in [1.165, 1.54) is 6.07 Å². The molecule has 8 nitrogen and oxygen atoms in total. The molecule has 100 valence electrons. The van der Waals surface area contributed by atoms with Gasteiger partial charge in [0.2, 0.25) is 10.0 Å². The van der Waals surface area contributed by atoms with E-state index in [2.05, 4.69) is 10.1 Å². The fourth-order valence-corrected chi connectivity index (χ4v) is 2.79. The Morgan fingerprint density at radius 2 is 2.00 bits per heavy atom. The van der Waals surface area contributed by atoms with Gasteiger partial charge in [-0.25, -0.2) is 13.1 Å². The Hall–Kier alpha value is -1.71. The quantitative estimate of drug-likeness (QED) is 0.409. The zero-order chi connectivity index (χ0) is 13.9. The van der Waals surface area contributed by atoms with Gasteiger partial charge in [0.25, 0.3) is 5.69 Å². The van der Waals surface area contributed by atoms with E-state index in [4.69, 9.17) is 5.84 Å². The lowest BCUT2D eigenvalue weighted by molar-refractivity contribution is -0.387. The van der Waals surface area contributed by atoms with Crippen molar-refractivity contribution in [2.24, 2.45) is 5.84 Å². The summed E-state index contributed by atoms with van der Waals surface area (Å²) in [5, 5.41) is 10.8. The fraction of sp³-hybridized carbons (Fsp3) is 0.333. The third-order valence-corrected chi connectivity index (χ3v) is 3.69. The molecule has 0 atom stereocenters. The van der Waals surface area contributed by atoms with Gasteiger partial charge in [-0.2, -0.15) is 0 Å². The van der Waals surface area contributed by atoms with Crippen LogP contribution in [0.1, 0.15) is 13.8 Å². The molecule has 0 spiro atoms. The van der Waals surface area contributed by atoms with Gasteiger partial charge in [-0.15, -0.1) is 0 Å². The molecule has 1 aromatic rings. The molecule has 0 saturated carbocycles. The van der Waals surface area contributed by atoms with Gasteiger partial charge in [0.05, 0.1) is 10.6 Å². The van der Waals surface area contributed by atoms with E-state index in [1.807, 2.05) is 0 Å². The van der Waals surface area contributed by atoms with Crippen molar-refractivity contribution in [3.05, 3.63) is 28.3 Å². The number of rotatable bonds is 5. The van der Waals surface area contributed by atoms with Crippen molar-refractivity contribution in [3.63, 3.8) is 0 Å². The molecule has 0 radical (unpaired) electrons. The van der Waals surface area contributed by atoms with Crippen LogP contribution in [0.2, 0.25) is 0 Å². The number of hydrazine groups is 1. The number of sulfonamides is 1. The van der Waals surface area contributed by atoms with Crippen LogP contribution in [0.3, 0.4) is 0 Å². The first kappa shape index (κ1) is 14.4.